The van der Waals surface area contributed by atoms with Gasteiger partial charge in [0.15, 0.2) is 6.29 Å². The molecule has 0 unspecified atom stereocenters. The van der Waals surface area contributed by atoms with Crippen LogP contribution in [-0.4, -0.2) is 6.29 Å². The van der Waals surface area contributed by atoms with Crippen molar-refractivity contribution in [3.63, 3.8) is 0 Å². The summed E-state index contributed by atoms with van der Waals surface area (Å²) in [7, 11) is 0. The summed E-state index contributed by atoms with van der Waals surface area (Å²) in [6.07, 6.45) is 0.581. The van der Waals surface area contributed by atoms with Crippen molar-refractivity contribution in [3.8, 4) is 11.1 Å². The van der Waals surface area contributed by atoms with Crippen LogP contribution in [0.5, 0.6) is 0 Å². The summed E-state index contributed by atoms with van der Waals surface area (Å²) >= 11 is 12.1. The third-order valence-electron chi connectivity index (χ3n) is 2.37. The molecule has 0 N–H and O–H groups in total. The lowest BCUT2D eigenvalue weighted by molar-refractivity contribution is 0.112. The van der Waals surface area contributed by atoms with Gasteiger partial charge < -0.3 is 0 Å². The van der Waals surface area contributed by atoms with E-state index in [0.717, 1.165) is 6.07 Å². The molecule has 2 aromatic carbocycles. The summed E-state index contributed by atoms with van der Waals surface area (Å²) < 4.78 is 13.0. The fourth-order valence-corrected chi connectivity index (χ4v) is 2.21. The first-order valence-corrected chi connectivity index (χ1v) is 5.58. The van der Waals surface area contributed by atoms with Gasteiger partial charge in [-0.1, -0.05) is 35.3 Å². The molecule has 0 spiro atoms. The number of hydrogen-bond acceptors (Lipinski definition) is 1. The predicted octanol–water partition coefficient (Wildman–Crippen LogP) is 4.61. The van der Waals surface area contributed by atoms with Crippen LogP contribution in [0.15, 0.2) is 36.4 Å². The largest absolute Gasteiger partial charge is 0.298 e. The summed E-state index contributed by atoms with van der Waals surface area (Å²) in [5, 5.41) is 0.847. The third kappa shape index (κ3) is 2.33. The lowest BCUT2D eigenvalue weighted by Crippen LogP contribution is -1.91. The van der Waals surface area contributed by atoms with Gasteiger partial charge in [-0.3, -0.25) is 4.79 Å². The highest BCUT2D eigenvalue weighted by Gasteiger charge is 2.12. The molecule has 0 heterocycles. The molecule has 0 saturated carbocycles. The molecule has 0 amide bonds. The average molecular weight is 269 g/mol. The predicted molar refractivity (Wildman–Crippen MR) is 67.2 cm³/mol. The van der Waals surface area contributed by atoms with E-state index in [1.165, 1.54) is 12.1 Å². The Balaban J connectivity index is 2.72. The Labute approximate surface area is 108 Å². The highest BCUT2D eigenvalue weighted by atomic mass is 35.5. The maximum atomic E-state index is 13.0. The minimum Gasteiger partial charge on any atom is -0.298 e. The van der Waals surface area contributed by atoms with Crippen LogP contribution < -0.4 is 0 Å². The minimum atomic E-state index is -0.473. The summed E-state index contributed by atoms with van der Waals surface area (Å²) in [4.78, 5) is 10.9. The maximum Gasteiger partial charge on any atom is 0.150 e. The van der Waals surface area contributed by atoms with Crippen LogP contribution in [-0.2, 0) is 0 Å². The van der Waals surface area contributed by atoms with Crippen molar-refractivity contribution in [2.24, 2.45) is 0 Å². The summed E-state index contributed by atoms with van der Waals surface area (Å²) in [6.45, 7) is 0. The fourth-order valence-electron chi connectivity index (χ4n) is 1.61. The van der Waals surface area contributed by atoms with E-state index in [0.29, 0.717) is 27.5 Å². The number of halogens is 3. The topological polar surface area (TPSA) is 17.1 Å². The summed E-state index contributed by atoms with van der Waals surface area (Å²) in [5.74, 6) is -0.473. The average Bonchev–Trinajstić information content (AvgIpc) is 2.30. The van der Waals surface area contributed by atoms with Gasteiger partial charge >= 0.3 is 0 Å². The Hall–Kier alpha value is -1.38. The zero-order valence-electron chi connectivity index (χ0n) is 8.58. The molecule has 4 heteroatoms. The Kier molecular flexibility index (Phi) is 3.46. The number of hydrogen-bond donors (Lipinski definition) is 0. The van der Waals surface area contributed by atoms with Gasteiger partial charge in [0, 0.05) is 21.2 Å². The lowest BCUT2D eigenvalue weighted by atomic mass is 10.00. The summed E-state index contributed by atoms with van der Waals surface area (Å²) in [6, 6.07) is 8.95. The smallest absolute Gasteiger partial charge is 0.150 e. The second-order valence-electron chi connectivity index (χ2n) is 3.45. The van der Waals surface area contributed by atoms with Crippen LogP contribution in [0.2, 0.25) is 10.0 Å². The number of benzene rings is 2. The molecule has 0 fully saturated rings. The van der Waals surface area contributed by atoms with Crippen LogP contribution in [0.4, 0.5) is 4.39 Å². The molecular formula is C13H7Cl2FO. The normalized spacial score (nSPS) is 10.3. The highest BCUT2D eigenvalue weighted by Crippen LogP contribution is 2.36. The van der Waals surface area contributed by atoms with Gasteiger partial charge in [-0.15, -0.1) is 0 Å². The number of aldehydes is 1. The molecule has 0 aliphatic rings. The second-order valence-corrected chi connectivity index (χ2v) is 4.26. The molecule has 1 nitrogen and oxygen atoms in total. The molecule has 0 bridgehead atoms. The van der Waals surface area contributed by atoms with Crippen LogP contribution in [0.3, 0.4) is 0 Å². The monoisotopic (exact) mass is 268 g/mol. The molecule has 0 aliphatic heterocycles. The van der Waals surface area contributed by atoms with Crippen molar-refractivity contribution < 1.29 is 9.18 Å². The second kappa shape index (κ2) is 4.86. The maximum absolute atomic E-state index is 13.0. The zero-order chi connectivity index (χ0) is 12.4. The molecule has 2 rings (SSSR count). The van der Waals surface area contributed by atoms with E-state index in [1.807, 2.05) is 0 Å². The number of rotatable bonds is 2. The lowest BCUT2D eigenvalue weighted by Gasteiger charge is -2.09. The van der Waals surface area contributed by atoms with Crippen molar-refractivity contribution in [1.82, 2.24) is 0 Å². The van der Waals surface area contributed by atoms with Gasteiger partial charge in [0.1, 0.15) is 5.82 Å². The Morgan fingerprint density at radius 1 is 1.06 bits per heavy atom. The van der Waals surface area contributed by atoms with Crippen LogP contribution in [0, 0.1) is 5.82 Å². The van der Waals surface area contributed by atoms with Crippen molar-refractivity contribution in [3.05, 3.63) is 57.8 Å². The van der Waals surface area contributed by atoms with Crippen molar-refractivity contribution in [1.29, 1.82) is 0 Å². The van der Waals surface area contributed by atoms with Crippen LogP contribution in [0.1, 0.15) is 10.4 Å². The number of carbonyl (C=O) groups is 1. The molecular weight excluding hydrogens is 262 g/mol. The van der Waals surface area contributed by atoms with Gasteiger partial charge in [-0.2, -0.15) is 0 Å². The van der Waals surface area contributed by atoms with Crippen molar-refractivity contribution >= 4 is 29.5 Å². The SMILES string of the molecule is O=Cc1cc(F)ccc1-c1c(Cl)cccc1Cl. The van der Waals surface area contributed by atoms with E-state index in [-0.39, 0.29) is 5.56 Å². The molecule has 0 saturated heterocycles. The molecule has 17 heavy (non-hydrogen) atoms. The van der Waals surface area contributed by atoms with Gasteiger partial charge in [-0.05, 0) is 29.8 Å². The van der Waals surface area contributed by atoms with Gasteiger partial charge in [0.25, 0.3) is 0 Å². The Bertz CT molecular complexity index is 561. The summed E-state index contributed by atoms with van der Waals surface area (Å²) in [5.41, 5.74) is 1.29. The molecule has 0 aliphatic carbocycles. The van der Waals surface area contributed by atoms with Crippen LogP contribution in [0.25, 0.3) is 11.1 Å². The van der Waals surface area contributed by atoms with Gasteiger partial charge in [0.05, 0.1) is 0 Å². The van der Waals surface area contributed by atoms with Crippen molar-refractivity contribution in [2.75, 3.05) is 0 Å². The van der Waals surface area contributed by atoms with E-state index in [4.69, 9.17) is 23.2 Å². The fraction of sp³-hybridized carbons (Fsp3) is 0. The Morgan fingerprint density at radius 3 is 2.29 bits per heavy atom. The van der Waals surface area contributed by atoms with Crippen LogP contribution >= 0.6 is 23.2 Å². The zero-order valence-corrected chi connectivity index (χ0v) is 10.1. The van der Waals surface area contributed by atoms with E-state index in [2.05, 4.69) is 0 Å². The molecule has 0 radical (unpaired) electrons. The quantitative estimate of drug-likeness (QED) is 0.727. The first kappa shape index (κ1) is 12.1. The van der Waals surface area contributed by atoms with E-state index >= 15 is 0 Å². The highest BCUT2D eigenvalue weighted by molar-refractivity contribution is 6.39. The van der Waals surface area contributed by atoms with Gasteiger partial charge in [-0.25, -0.2) is 4.39 Å². The van der Waals surface area contributed by atoms with E-state index in [9.17, 15) is 9.18 Å². The first-order valence-electron chi connectivity index (χ1n) is 4.82. The van der Waals surface area contributed by atoms with Crippen molar-refractivity contribution in [2.45, 2.75) is 0 Å². The molecule has 86 valence electrons. The molecule has 0 aromatic heterocycles. The van der Waals surface area contributed by atoms with E-state index < -0.39 is 5.82 Å². The third-order valence-corrected chi connectivity index (χ3v) is 3.00. The Morgan fingerprint density at radius 2 is 1.71 bits per heavy atom. The van der Waals surface area contributed by atoms with Gasteiger partial charge in [0.2, 0.25) is 0 Å². The molecule has 0 atom stereocenters. The minimum absolute atomic E-state index is 0.222. The number of carbonyl (C=O) groups excluding carboxylic acids is 1. The molecule has 2 aromatic rings. The standard InChI is InChI=1S/C13H7Cl2FO/c14-11-2-1-3-12(15)13(11)10-5-4-9(16)6-8(10)7-17/h1-7H. The van der Waals surface area contributed by atoms with E-state index in [1.54, 1.807) is 18.2 Å². The first-order chi connectivity index (χ1) is 8.13.